The van der Waals surface area contributed by atoms with E-state index in [9.17, 15) is 4.79 Å². The normalized spacial score (nSPS) is 14.1. The molecule has 0 fully saturated rings. The van der Waals surface area contributed by atoms with Crippen LogP contribution in [0.1, 0.15) is 66.2 Å². The van der Waals surface area contributed by atoms with Crippen molar-refractivity contribution in [2.45, 2.75) is 77.8 Å². The molecule has 2 unspecified atom stereocenters. The summed E-state index contributed by atoms with van der Waals surface area (Å²) in [5.41, 5.74) is 6.03. The standard InChI is InChI=1S/C16H32N2O.HI/c1-6-9-10-11-12-13(16(4,5)17)14(7-2)18-15(19)8-3;/h8,13-14H,3,6-7,9-12,17H2,1-2,4-5H3,(H,18,19);1H. The molecule has 1 amide bonds. The van der Waals surface area contributed by atoms with E-state index in [1.54, 1.807) is 0 Å². The molecule has 0 radical (unpaired) electrons. The number of halogens is 1. The van der Waals surface area contributed by atoms with Crippen molar-refractivity contribution in [3.8, 4) is 0 Å². The van der Waals surface area contributed by atoms with Crippen LogP contribution in [-0.4, -0.2) is 17.5 Å². The van der Waals surface area contributed by atoms with E-state index < -0.39 is 0 Å². The Morgan fingerprint density at radius 2 is 1.90 bits per heavy atom. The molecular weight excluding hydrogens is 363 g/mol. The highest BCUT2D eigenvalue weighted by Gasteiger charge is 2.31. The Kier molecular flexibility index (Phi) is 12.8. The minimum atomic E-state index is -0.276. The van der Waals surface area contributed by atoms with Crippen LogP contribution in [0.15, 0.2) is 12.7 Å². The molecule has 0 saturated carbocycles. The van der Waals surface area contributed by atoms with E-state index in [1.165, 1.54) is 31.8 Å². The molecule has 0 aromatic carbocycles. The number of carbonyl (C=O) groups is 1. The van der Waals surface area contributed by atoms with E-state index in [-0.39, 0.29) is 41.5 Å². The molecule has 0 aliphatic heterocycles. The number of rotatable bonds is 10. The zero-order chi connectivity index (χ0) is 14.9. The minimum Gasteiger partial charge on any atom is -0.350 e. The highest BCUT2D eigenvalue weighted by Crippen LogP contribution is 2.26. The van der Waals surface area contributed by atoms with Gasteiger partial charge in [0.15, 0.2) is 0 Å². The number of hydrogen-bond acceptors (Lipinski definition) is 2. The van der Waals surface area contributed by atoms with Crippen molar-refractivity contribution in [3.63, 3.8) is 0 Å². The molecule has 3 N–H and O–H groups in total. The van der Waals surface area contributed by atoms with Gasteiger partial charge in [-0.15, -0.1) is 24.0 Å². The minimum absolute atomic E-state index is 0. The molecule has 0 spiro atoms. The van der Waals surface area contributed by atoms with Crippen molar-refractivity contribution >= 4 is 29.9 Å². The first-order valence-corrected chi connectivity index (χ1v) is 7.58. The van der Waals surface area contributed by atoms with Gasteiger partial charge in [0.25, 0.3) is 0 Å². The van der Waals surface area contributed by atoms with E-state index in [4.69, 9.17) is 5.73 Å². The third-order valence-corrected chi connectivity index (χ3v) is 3.76. The van der Waals surface area contributed by atoms with Crippen molar-refractivity contribution in [3.05, 3.63) is 12.7 Å². The summed E-state index contributed by atoms with van der Waals surface area (Å²) in [5, 5.41) is 3.03. The molecule has 2 atom stereocenters. The Hall–Kier alpha value is -0.100. The van der Waals surface area contributed by atoms with Gasteiger partial charge >= 0.3 is 0 Å². The van der Waals surface area contributed by atoms with E-state index >= 15 is 0 Å². The van der Waals surface area contributed by atoms with E-state index in [1.807, 2.05) is 0 Å². The second-order valence-electron chi connectivity index (χ2n) is 6.00. The van der Waals surface area contributed by atoms with E-state index in [0.29, 0.717) is 5.92 Å². The van der Waals surface area contributed by atoms with Crippen LogP contribution < -0.4 is 11.1 Å². The summed E-state index contributed by atoms with van der Waals surface area (Å²) in [7, 11) is 0. The van der Waals surface area contributed by atoms with E-state index in [0.717, 1.165) is 12.8 Å². The third kappa shape index (κ3) is 8.95. The Bertz CT molecular complexity index is 274. The molecule has 0 rings (SSSR count). The van der Waals surface area contributed by atoms with Gasteiger partial charge < -0.3 is 11.1 Å². The lowest BCUT2D eigenvalue weighted by Crippen LogP contribution is -2.52. The molecule has 0 aromatic heterocycles. The Morgan fingerprint density at radius 1 is 1.30 bits per heavy atom. The van der Waals surface area contributed by atoms with Crippen LogP contribution in [0.25, 0.3) is 0 Å². The maximum absolute atomic E-state index is 11.5. The van der Waals surface area contributed by atoms with Gasteiger partial charge in [-0.25, -0.2) is 0 Å². The summed E-state index contributed by atoms with van der Waals surface area (Å²) in [6.45, 7) is 11.9. The lowest BCUT2D eigenvalue weighted by atomic mass is 9.78. The number of hydrogen-bond donors (Lipinski definition) is 2. The fourth-order valence-corrected chi connectivity index (χ4v) is 2.61. The first-order valence-electron chi connectivity index (χ1n) is 7.58. The number of nitrogens with one attached hydrogen (secondary N) is 1. The van der Waals surface area contributed by atoms with Gasteiger partial charge in [-0.2, -0.15) is 0 Å². The molecule has 0 saturated heterocycles. The number of nitrogens with two attached hydrogens (primary N) is 1. The summed E-state index contributed by atoms with van der Waals surface area (Å²) in [5.74, 6) is 0.202. The van der Waals surface area contributed by atoms with Crippen molar-refractivity contribution in [2.24, 2.45) is 11.7 Å². The molecule has 20 heavy (non-hydrogen) atoms. The predicted octanol–water partition coefficient (Wildman–Crippen LogP) is 4.01. The van der Waals surface area contributed by atoms with Crippen molar-refractivity contribution < 1.29 is 4.79 Å². The Balaban J connectivity index is 0. The third-order valence-electron chi connectivity index (χ3n) is 3.76. The van der Waals surface area contributed by atoms with Gasteiger partial charge in [-0.3, -0.25) is 4.79 Å². The number of unbranched alkanes of at least 4 members (excludes halogenated alkanes) is 3. The largest absolute Gasteiger partial charge is 0.350 e. The topological polar surface area (TPSA) is 55.1 Å². The highest BCUT2D eigenvalue weighted by atomic mass is 127. The zero-order valence-electron chi connectivity index (χ0n) is 13.6. The molecule has 4 heteroatoms. The maximum Gasteiger partial charge on any atom is 0.243 e. The number of amides is 1. The predicted molar refractivity (Wildman–Crippen MR) is 98.3 cm³/mol. The van der Waals surface area contributed by atoms with Crippen molar-refractivity contribution in [1.82, 2.24) is 5.32 Å². The molecule has 3 nitrogen and oxygen atoms in total. The van der Waals surface area contributed by atoms with Crippen molar-refractivity contribution in [1.29, 1.82) is 0 Å². The van der Waals surface area contributed by atoms with Crippen LogP contribution in [0.2, 0.25) is 0 Å². The lowest BCUT2D eigenvalue weighted by molar-refractivity contribution is -0.117. The fourth-order valence-electron chi connectivity index (χ4n) is 2.61. The number of carbonyl (C=O) groups excluding carboxylic acids is 1. The zero-order valence-corrected chi connectivity index (χ0v) is 15.9. The van der Waals surface area contributed by atoms with Gasteiger partial charge in [0.1, 0.15) is 0 Å². The van der Waals surface area contributed by atoms with Crippen LogP contribution in [0.5, 0.6) is 0 Å². The summed E-state index contributed by atoms with van der Waals surface area (Å²) < 4.78 is 0. The molecular formula is C16H33IN2O. The second-order valence-corrected chi connectivity index (χ2v) is 6.00. The van der Waals surface area contributed by atoms with Gasteiger partial charge in [-0.05, 0) is 38.7 Å². The fraction of sp³-hybridized carbons (Fsp3) is 0.812. The van der Waals surface area contributed by atoms with Crippen LogP contribution in [-0.2, 0) is 4.79 Å². The van der Waals surface area contributed by atoms with Gasteiger partial charge in [0.2, 0.25) is 5.91 Å². The Labute approximate surface area is 142 Å². The van der Waals surface area contributed by atoms with Crippen LogP contribution in [0.3, 0.4) is 0 Å². The quantitative estimate of drug-likeness (QED) is 0.333. The Morgan fingerprint density at radius 3 is 2.30 bits per heavy atom. The average Bonchev–Trinajstić information content (AvgIpc) is 2.35. The summed E-state index contributed by atoms with van der Waals surface area (Å²) in [4.78, 5) is 11.5. The molecule has 0 heterocycles. The maximum atomic E-state index is 11.5. The van der Waals surface area contributed by atoms with Crippen molar-refractivity contribution in [2.75, 3.05) is 0 Å². The van der Waals surface area contributed by atoms with Crippen LogP contribution >= 0.6 is 24.0 Å². The molecule has 0 bridgehead atoms. The smallest absolute Gasteiger partial charge is 0.243 e. The van der Waals surface area contributed by atoms with E-state index in [2.05, 4.69) is 39.6 Å². The van der Waals surface area contributed by atoms with Crippen LogP contribution in [0, 0.1) is 5.92 Å². The molecule has 0 aromatic rings. The first-order chi connectivity index (χ1) is 8.86. The molecule has 120 valence electrons. The second kappa shape index (κ2) is 11.5. The van der Waals surface area contributed by atoms with Gasteiger partial charge in [0, 0.05) is 11.6 Å². The first kappa shape index (κ1) is 22.2. The monoisotopic (exact) mass is 396 g/mol. The van der Waals surface area contributed by atoms with Crippen LogP contribution in [0.4, 0.5) is 0 Å². The van der Waals surface area contributed by atoms with Gasteiger partial charge in [0.05, 0.1) is 0 Å². The molecule has 0 aliphatic rings. The average molecular weight is 396 g/mol. The lowest BCUT2D eigenvalue weighted by Gasteiger charge is -2.37. The van der Waals surface area contributed by atoms with Gasteiger partial charge in [-0.1, -0.05) is 46.1 Å². The highest BCUT2D eigenvalue weighted by molar-refractivity contribution is 14.0. The summed E-state index contributed by atoms with van der Waals surface area (Å²) >= 11 is 0. The molecule has 0 aliphatic carbocycles. The SMILES string of the molecule is C=CC(=O)NC(CC)C(CCCCCC)C(C)(C)N.I. The summed E-state index contributed by atoms with van der Waals surface area (Å²) in [6, 6.07) is 0.132. The summed E-state index contributed by atoms with van der Waals surface area (Å²) in [6.07, 6.45) is 8.24.